The lowest BCUT2D eigenvalue weighted by Crippen LogP contribution is -2.45. The van der Waals surface area contributed by atoms with Crippen LogP contribution >= 0.6 is 0 Å². The van der Waals surface area contributed by atoms with E-state index in [1.807, 2.05) is 0 Å². The SMILES string of the molecule is CN=C1NC[C@]2(CN3CC[C@H]2C3)O1. The largest absolute Gasteiger partial charge is 0.455 e. The maximum absolute atomic E-state index is 5.89. The van der Waals surface area contributed by atoms with Crippen LogP contribution in [0.15, 0.2) is 4.99 Å². The fourth-order valence-corrected chi connectivity index (χ4v) is 2.84. The maximum Gasteiger partial charge on any atom is 0.285 e. The Hall–Kier alpha value is -0.770. The average molecular weight is 181 g/mol. The van der Waals surface area contributed by atoms with Crippen molar-refractivity contribution in [2.75, 3.05) is 33.2 Å². The molecule has 3 atom stereocenters. The Balaban J connectivity index is 1.84. The van der Waals surface area contributed by atoms with Gasteiger partial charge in [0.1, 0.15) is 5.60 Å². The van der Waals surface area contributed by atoms with Gasteiger partial charge in [-0.1, -0.05) is 0 Å². The molecule has 3 aliphatic rings. The predicted molar refractivity (Wildman–Crippen MR) is 49.7 cm³/mol. The molecule has 4 nitrogen and oxygen atoms in total. The van der Waals surface area contributed by atoms with Crippen molar-refractivity contribution in [3.05, 3.63) is 0 Å². The van der Waals surface area contributed by atoms with Crippen molar-refractivity contribution in [1.29, 1.82) is 0 Å². The Morgan fingerprint density at radius 1 is 1.69 bits per heavy atom. The quantitative estimate of drug-likeness (QED) is 0.556. The third-order valence-electron chi connectivity index (χ3n) is 3.55. The molecule has 0 aromatic carbocycles. The van der Waals surface area contributed by atoms with Crippen LogP contribution in [0.2, 0.25) is 0 Å². The lowest BCUT2D eigenvalue weighted by molar-refractivity contribution is 0.0412. The molecule has 0 aromatic heterocycles. The van der Waals surface area contributed by atoms with Crippen molar-refractivity contribution in [2.24, 2.45) is 10.9 Å². The van der Waals surface area contributed by atoms with Gasteiger partial charge in [0.2, 0.25) is 0 Å². The molecule has 4 heteroatoms. The minimum atomic E-state index is 0.0626. The number of fused-ring (bicyclic) bond motifs is 3. The highest BCUT2D eigenvalue weighted by molar-refractivity contribution is 5.76. The van der Waals surface area contributed by atoms with Crippen LogP contribution in [0.3, 0.4) is 0 Å². The Bertz CT molecular complexity index is 266. The molecule has 3 rings (SSSR count). The van der Waals surface area contributed by atoms with E-state index in [2.05, 4.69) is 15.2 Å². The van der Waals surface area contributed by atoms with Gasteiger partial charge >= 0.3 is 0 Å². The summed E-state index contributed by atoms with van der Waals surface area (Å²) in [6, 6.07) is 0.730. The van der Waals surface area contributed by atoms with E-state index in [0.29, 0.717) is 0 Å². The zero-order valence-corrected chi connectivity index (χ0v) is 7.92. The van der Waals surface area contributed by atoms with Crippen LogP contribution in [0.1, 0.15) is 6.42 Å². The summed E-state index contributed by atoms with van der Waals surface area (Å²) in [6.45, 7) is 4.51. The molecule has 13 heavy (non-hydrogen) atoms. The first-order chi connectivity index (χ1) is 6.32. The van der Waals surface area contributed by atoms with Crippen molar-refractivity contribution >= 4 is 6.02 Å². The maximum atomic E-state index is 5.89. The van der Waals surface area contributed by atoms with Crippen molar-refractivity contribution in [3.8, 4) is 0 Å². The summed E-state index contributed by atoms with van der Waals surface area (Å²) in [5.74, 6) is 0.722. The molecular formula is C9H15N3O. The van der Waals surface area contributed by atoms with Gasteiger partial charge in [-0.05, 0) is 13.0 Å². The molecule has 72 valence electrons. The molecule has 1 unspecified atom stereocenters. The van der Waals surface area contributed by atoms with Gasteiger partial charge in [0, 0.05) is 26.1 Å². The van der Waals surface area contributed by atoms with Crippen LogP contribution in [0.5, 0.6) is 0 Å². The van der Waals surface area contributed by atoms with Gasteiger partial charge in [-0.3, -0.25) is 4.90 Å². The van der Waals surface area contributed by atoms with Crippen LogP contribution in [0.4, 0.5) is 0 Å². The summed E-state index contributed by atoms with van der Waals surface area (Å²) >= 11 is 0. The molecule has 0 radical (unpaired) electrons. The van der Waals surface area contributed by atoms with E-state index in [1.165, 1.54) is 19.5 Å². The van der Waals surface area contributed by atoms with E-state index in [9.17, 15) is 0 Å². The molecule has 3 saturated heterocycles. The fraction of sp³-hybridized carbons (Fsp3) is 0.889. The standard InChI is InChI=1S/C9H15N3O/c1-10-8-11-5-9(13-8)6-12-3-2-7(9)4-12/h7H,2-6H2,1H3,(H,10,11)/t7-,9+/m0/s1. The number of hydrogen-bond acceptors (Lipinski definition) is 3. The van der Waals surface area contributed by atoms with Gasteiger partial charge in [-0.25, -0.2) is 4.99 Å². The zero-order chi connectivity index (χ0) is 8.89. The lowest BCUT2D eigenvalue weighted by Gasteiger charge is -2.30. The minimum Gasteiger partial charge on any atom is -0.455 e. The lowest BCUT2D eigenvalue weighted by atomic mass is 9.88. The van der Waals surface area contributed by atoms with E-state index in [4.69, 9.17) is 4.74 Å². The van der Waals surface area contributed by atoms with Gasteiger partial charge in [-0.2, -0.15) is 0 Å². The van der Waals surface area contributed by atoms with E-state index >= 15 is 0 Å². The third kappa shape index (κ3) is 0.921. The fourth-order valence-electron chi connectivity index (χ4n) is 2.84. The highest BCUT2D eigenvalue weighted by atomic mass is 16.5. The number of aliphatic imine (C=N–C) groups is 1. The summed E-state index contributed by atoms with van der Waals surface area (Å²) < 4.78 is 5.89. The molecule has 1 N–H and O–H groups in total. The topological polar surface area (TPSA) is 36.9 Å². The third-order valence-corrected chi connectivity index (χ3v) is 3.55. The van der Waals surface area contributed by atoms with Crippen LogP contribution in [-0.2, 0) is 4.74 Å². The van der Waals surface area contributed by atoms with Gasteiger partial charge in [0.25, 0.3) is 6.02 Å². The first kappa shape index (κ1) is 7.62. The van der Waals surface area contributed by atoms with Gasteiger partial charge in [-0.15, -0.1) is 0 Å². The Morgan fingerprint density at radius 3 is 3.15 bits per heavy atom. The van der Waals surface area contributed by atoms with E-state index in [1.54, 1.807) is 7.05 Å². The van der Waals surface area contributed by atoms with Gasteiger partial charge in [0.15, 0.2) is 0 Å². The van der Waals surface area contributed by atoms with Gasteiger partial charge < -0.3 is 10.1 Å². The molecule has 3 heterocycles. The van der Waals surface area contributed by atoms with Crippen LogP contribution in [0.25, 0.3) is 0 Å². The molecule has 0 amide bonds. The molecule has 3 aliphatic heterocycles. The van der Waals surface area contributed by atoms with Crippen LogP contribution in [-0.4, -0.2) is 49.7 Å². The first-order valence-corrected chi connectivity index (χ1v) is 4.94. The van der Waals surface area contributed by atoms with Crippen LogP contribution in [0, 0.1) is 5.92 Å². The number of ether oxygens (including phenoxy) is 1. The Labute approximate surface area is 78.0 Å². The number of rotatable bonds is 0. The first-order valence-electron chi connectivity index (χ1n) is 4.94. The number of hydrogen-bond donors (Lipinski definition) is 1. The van der Waals surface area contributed by atoms with E-state index in [0.717, 1.165) is 25.0 Å². The number of nitrogens with zero attached hydrogens (tertiary/aromatic N) is 2. The second-order valence-corrected chi connectivity index (χ2v) is 4.27. The minimum absolute atomic E-state index is 0.0626. The van der Waals surface area contributed by atoms with Crippen molar-refractivity contribution in [1.82, 2.24) is 10.2 Å². The highest BCUT2D eigenvalue weighted by Crippen LogP contribution is 2.40. The van der Waals surface area contributed by atoms with Crippen molar-refractivity contribution in [2.45, 2.75) is 12.0 Å². The Morgan fingerprint density at radius 2 is 2.62 bits per heavy atom. The van der Waals surface area contributed by atoms with E-state index < -0.39 is 0 Å². The number of nitrogens with one attached hydrogen (secondary N) is 1. The van der Waals surface area contributed by atoms with Crippen molar-refractivity contribution < 1.29 is 4.74 Å². The molecular weight excluding hydrogens is 166 g/mol. The molecule has 3 fully saturated rings. The van der Waals surface area contributed by atoms with Crippen molar-refractivity contribution in [3.63, 3.8) is 0 Å². The summed E-state index contributed by atoms with van der Waals surface area (Å²) in [6.07, 6.45) is 1.29. The molecule has 1 spiro atoms. The molecule has 0 saturated carbocycles. The monoisotopic (exact) mass is 181 g/mol. The predicted octanol–water partition coefficient (Wildman–Crippen LogP) is -0.334. The second kappa shape index (κ2) is 2.38. The number of piperidine rings is 1. The van der Waals surface area contributed by atoms with Gasteiger partial charge in [0.05, 0.1) is 6.54 Å². The Kier molecular flexibility index (Phi) is 1.39. The summed E-state index contributed by atoms with van der Waals surface area (Å²) in [5, 5.41) is 3.22. The summed E-state index contributed by atoms with van der Waals surface area (Å²) in [7, 11) is 1.77. The molecule has 2 bridgehead atoms. The summed E-state index contributed by atoms with van der Waals surface area (Å²) in [4.78, 5) is 6.55. The summed E-state index contributed by atoms with van der Waals surface area (Å²) in [5.41, 5.74) is 0.0626. The molecule has 0 aliphatic carbocycles. The normalized spacial score (nSPS) is 50.1. The molecule has 0 aromatic rings. The zero-order valence-electron chi connectivity index (χ0n) is 7.92. The highest BCUT2D eigenvalue weighted by Gasteiger charge is 2.55. The van der Waals surface area contributed by atoms with E-state index in [-0.39, 0.29) is 5.60 Å². The van der Waals surface area contributed by atoms with Crippen LogP contribution < -0.4 is 5.32 Å². The smallest absolute Gasteiger partial charge is 0.285 e. The average Bonchev–Trinajstić information content (AvgIpc) is 2.80. The number of amidine groups is 1. The second-order valence-electron chi connectivity index (χ2n) is 4.27.